The van der Waals surface area contributed by atoms with Gasteiger partial charge in [0.05, 0.1) is 11.0 Å². The van der Waals surface area contributed by atoms with Gasteiger partial charge in [-0.2, -0.15) is 16.8 Å². The third kappa shape index (κ3) is 5.14. The second-order valence-electron chi connectivity index (χ2n) is 8.69. The smallest absolute Gasteiger partial charge is 0.300 e. The Morgan fingerprint density at radius 1 is 1.00 bits per heavy atom. The first kappa shape index (κ1) is 27.9. The topological polar surface area (TPSA) is 209 Å². The zero-order valence-electron chi connectivity index (χ0n) is 20.4. The number of aldehydes is 1. The molecule has 1 heterocycles. The summed E-state index contributed by atoms with van der Waals surface area (Å²) in [5.74, 6) is -1.03. The van der Waals surface area contributed by atoms with E-state index in [4.69, 9.17) is 15.6 Å². The number of hydrogen-bond donors (Lipinski definition) is 4. The van der Waals surface area contributed by atoms with E-state index in [1.807, 2.05) is 0 Å². The Hall–Kier alpha value is -4.11. The zero-order valence-corrected chi connectivity index (χ0v) is 22.0. The first-order valence-electron chi connectivity index (χ1n) is 11.4. The molecule has 0 atom stereocenters. The molecule has 0 fully saturated rings. The third-order valence-electron chi connectivity index (χ3n) is 6.10. The van der Waals surface area contributed by atoms with Crippen LogP contribution in [0.5, 0.6) is 0 Å². The predicted molar refractivity (Wildman–Crippen MR) is 140 cm³/mol. The molecule has 39 heavy (non-hydrogen) atoms. The molecule has 1 aliphatic carbocycles. The highest BCUT2D eigenvalue weighted by molar-refractivity contribution is 7.86. The molecule has 14 heteroatoms. The van der Waals surface area contributed by atoms with Crippen molar-refractivity contribution in [2.24, 2.45) is 0 Å². The number of unbranched alkanes of at least 4 members (excludes halogenated alkanes) is 1. The molecule has 1 aliphatic heterocycles. The van der Waals surface area contributed by atoms with Crippen LogP contribution in [0.25, 0.3) is 33.4 Å². The van der Waals surface area contributed by atoms with Gasteiger partial charge in [-0.3, -0.25) is 19.3 Å². The number of carbonyl (C=O) groups excluding carboxylic acids is 2. The van der Waals surface area contributed by atoms with Gasteiger partial charge in [-0.05, 0) is 42.3 Å². The summed E-state index contributed by atoms with van der Waals surface area (Å²) in [7, 11) is -8.54. The zero-order chi connectivity index (χ0) is 28.7. The lowest BCUT2D eigenvalue weighted by Crippen LogP contribution is -2.28. The monoisotopic (exact) mass is 573 g/mol. The Morgan fingerprint density at radius 3 is 2.31 bits per heavy atom. The van der Waals surface area contributed by atoms with Crippen LogP contribution in [0.15, 0.2) is 62.7 Å². The number of carbonyl (C=O) groups is 2. The molecule has 0 unspecified atom stereocenters. The molecule has 4 rings (SSSR count). The molecule has 0 bridgehead atoms. The Bertz CT molecular complexity index is 1880. The van der Waals surface area contributed by atoms with E-state index in [-0.39, 0.29) is 40.6 Å². The molecule has 0 aromatic heterocycles. The molecule has 2 aromatic rings. The van der Waals surface area contributed by atoms with Crippen molar-refractivity contribution in [2.45, 2.75) is 22.6 Å². The Morgan fingerprint density at radius 2 is 1.67 bits per heavy atom. The van der Waals surface area contributed by atoms with Gasteiger partial charge in [0.15, 0.2) is 21.1 Å². The lowest BCUT2D eigenvalue weighted by atomic mass is 9.90. The molecular weight excluding hydrogens is 550 g/mol. The highest BCUT2D eigenvalue weighted by atomic mass is 32.2. The number of nitrogen functional groups attached to an aromatic ring is 1. The van der Waals surface area contributed by atoms with Crippen LogP contribution < -0.4 is 11.1 Å². The lowest BCUT2D eigenvalue weighted by molar-refractivity contribution is -0.108. The maximum Gasteiger partial charge on any atom is 0.300 e. The summed E-state index contributed by atoms with van der Waals surface area (Å²) in [5, 5.41) is 7.49. The van der Waals surface area contributed by atoms with Crippen LogP contribution in [0.3, 0.4) is 0 Å². The number of benzene rings is 3. The predicted octanol–water partition coefficient (Wildman–Crippen LogP) is 2.81. The van der Waals surface area contributed by atoms with Crippen LogP contribution in [-0.2, 0) is 25.0 Å². The molecule has 5 N–H and O–H groups in total. The summed E-state index contributed by atoms with van der Waals surface area (Å²) in [5.41, 5.74) is 5.44. The van der Waals surface area contributed by atoms with Gasteiger partial charge in [-0.1, -0.05) is 18.2 Å². The number of nitrogens with two attached hydrogens (primary N) is 1. The van der Waals surface area contributed by atoms with E-state index in [2.05, 4.69) is 0 Å². The van der Waals surface area contributed by atoms with Crippen molar-refractivity contribution in [3.8, 4) is 22.5 Å². The minimum absolute atomic E-state index is 0.0287. The largest absolute Gasteiger partial charge is 0.453 e. The third-order valence-corrected chi connectivity index (χ3v) is 7.96. The normalized spacial score (nSPS) is 12.1. The Balaban J connectivity index is 2.18. The second kappa shape index (κ2) is 10.2. The van der Waals surface area contributed by atoms with E-state index in [9.17, 15) is 35.5 Å². The summed E-state index contributed by atoms with van der Waals surface area (Å²) in [6.45, 7) is 0.260. The number of fused-ring (bicyclic) bond motifs is 2. The van der Waals surface area contributed by atoms with Gasteiger partial charge >= 0.3 is 0 Å². The van der Waals surface area contributed by atoms with E-state index in [0.29, 0.717) is 6.42 Å². The maximum absolute atomic E-state index is 13.5. The number of nitrogens with one attached hydrogen (secondary N) is 1. The van der Waals surface area contributed by atoms with Crippen molar-refractivity contribution in [3.05, 3.63) is 59.5 Å². The van der Waals surface area contributed by atoms with Gasteiger partial charge in [0, 0.05) is 42.1 Å². The van der Waals surface area contributed by atoms with Gasteiger partial charge in [-0.25, -0.2) is 0 Å². The van der Waals surface area contributed by atoms with E-state index >= 15 is 0 Å². The van der Waals surface area contributed by atoms with Gasteiger partial charge in [-0.15, -0.1) is 0 Å². The Kier molecular flexibility index (Phi) is 7.32. The molecule has 12 nitrogen and oxygen atoms in total. The first-order chi connectivity index (χ1) is 18.3. The highest BCUT2D eigenvalue weighted by Gasteiger charge is 2.31. The van der Waals surface area contributed by atoms with Crippen LogP contribution >= 0.6 is 0 Å². The number of nitrogens with zero attached hydrogens (tertiary/aromatic N) is 1. The van der Waals surface area contributed by atoms with E-state index in [1.54, 1.807) is 25.2 Å². The van der Waals surface area contributed by atoms with Crippen LogP contribution in [-0.4, -0.2) is 56.6 Å². The summed E-state index contributed by atoms with van der Waals surface area (Å²) < 4.78 is 74.8. The fourth-order valence-corrected chi connectivity index (χ4v) is 5.89. The van der Waals surface area contributed by atoms with Crippen molar-refractivity contribution in [1.29, 1.82) is 5.41 Å². The summed E-state index contributed by atoms with van der Waals surface area (Å²) in [6, 6.07) is 11.3. The summed E-state index contributed by atoms with van der Waals surface area (Å²) in [4.78, 5) is 23.8. The van der Waals surface area contributed by atoms with Crippen molar-refractivity contribution in [2.75, 3.05) is 19.3 Å². The Labute approximate surface area is 223 Å². The molecule has 2 aromatic carbocycles. The molecule has 204 valence electrons. The maximum atomic E-state index is 13.5. The molecule has 0 saturated heterocycles. The van der Waals surface area contributed by atoms with Gasteiger partial charge in [0.25, 0.3) is 26.1 Å². The average Bonchev–Trinajstić information content (AvgIpc) is 2.85. The van der Waals surface area contributed by atoms with Crippen molar-refractivity contribution >= 4 is 49.1 Å². The van der Waals surface area contributed by atoms with Gasteiger partial charge in [0.1, 0.15) is 6.29 Å². The SMILES string of the molecule is CN(CCCC=O)C(=O)c1ccccc1-c1c2ccc(=N)c(S(=O)(=O)O)c-2oc2c(S(=O)(=O)O)c(N)ccc12. The number of hydrogen-bond acceptors (Lipinski definition) is 9. The second-order valence-corrected chi connectivity index (χ2v) is 11.4. The summed E-state index contributed by atoms with van der Waals surface area (Å²) >= 11 is 0. The number of anilines is 1. The van der Waals surface area contributed by atoms with Crippen molar-refractivity contribution in [1.82, 2.24) is 4.90 Å². The van der Waals surface area contributed by atoms with E-state index in [0.717, 1.165) is 12.4 Å². The van der Waals surface area contributed by atoms with Crippen LogP contribution in [0.1, 0.15) is 23.2 Å². The standard InChI is InChI=1S/C25H23N3O9S2/c1-28(12-4-5-13-29)25(30)15-7-3-2-6-14(15)20-16-8-10-18(26)23(38(31,32)33)21(16)37-22-17(20)9-11-19(27)24(22)39(34,35)36/h2-3,6-11,13,26H,4-5,12,27H2,1H3,(H,31,32,33)(H,34,35,36). The first-order valence-corrected chi connectivity index (χ1v) is 14.3. The molecule has 1 amide bonds. The van der Waals surface area contributed by atoms with Crippen molar-refractivity contribution < 1.29 is 39.9 Å². The van der Waals surface area contributed by atoms with E-state index in [1.165, 1.54) is 29.2 Å². The average molecular weight is 574 g/mol. The number of amides is 1. The molecule has 0 radical (unpaired) electrons. The fraction of sp³-hybridized carbons (Fsp3) is 0.160. The fourth-order valence-electron chi connectivity index (χ4n) is 4.40. The van der Waals surface area contributed by atoms with E-state index < -0.39 is 58.3 Å². The highest BCUT2D eigenvalue weighted by Crippen LogP contribution is 2.45. The van der Waals surface area contributed by atoms with Crippen LogP contribution in [0.4, 0.5) is 5.69 Å². The van der Waals surface area contributed by atoms with Gasteiger partial charge in [0.2, 0.25) is 0 Å². The quantitative estimate of drug-likeness (QED) is 0.0796. The van der Waals surface area contributed by atoms with Crippen molar-refractivity contribution in [3.63, 3.8) is 0 Å². The summed E-state index contributed by atoms with van der Waals surface area (Å²) in [6.07, 6.45) is 1.41. The molecule has 0 saturated carbocycles. The minimum atomic E-state index is -5.07. The molecule has 2 aliphatic rings. The van der Waals surface area contributed by atoms with Gasteiger partial charge < -0.3 is 19.8 Å². The minimum Gasteiger partial charge on any atom is -0.453 e. The van der Waals surface area contributed by atoms with Crippen LogP contribution in [0, 0.1) is 5.41 Å². The van der Waals surface area contributed by atoms with Crippen LogP contribution in [0.2, 0.25) is 0 Å². The lowest BCUT2D eigenvalue weighted by Gasteiger charge is -2.22. The molecule has 0 spiro atoms. The number of rotatable bonds is 8. The molecular formula is C25H23N3O9S2.